The second-order valence-corrected chi connectivity index (χ2v) is 11.2. The molecule has 0 aliphatic carbocycles. The molecule has 3 aromatic rings. The average Bonchev–Trinajstić information content (AvgIpc) is 3.21. The minimum atomic E-state index is -1.84. The summed E-state index contributed by atoms with van der Waals surface area (Å²) in [5.41, 5.74) is -1.71. The van der Waals surface area contributed by atoms with Crippen molar-refractivity contribution in [3.05, 3.63) is 86.9 Å². The van der Waals surface area contributed by atoms with Gasteiger partial charge in [0.25, 0.3) is 5.91 Å². The molecule has 2 aliphatic rings. The Hall–Kier alpha value is -3.15. The normalized spacial score (nSPS) is 22.7. The SMILES string of the molecule is CO[C@]1(Cc2ncc(Cl)cc2C(=O)O)c2ccc(-c3ccc(Cl)cc3)c(F)c2C(=O)N1[C@H](O)CCC1CC(F)CCO1. The van der Waals surface area contributed by atoms with Crippen molar-refractivity contribution in [1.29, 1.82) is 0 Å². The number of nitrogens with zero attached hydrogens (tertiary/aromatic N) is 2. The van der Waals surface area contributed by atoms with Crippen LogP contribution in [0.15, 0.2) is 48.7 Å². The van der Waals surface area contributed by atoms with Crippen LogP contribution in [0, 0.1) is 5.82 Å². The molecule has 0 spiro atoms. The molecule has 2 aromatic carbocycles. The number of hydrogen-bond acceptors (Lipinski definition) is 6. The van der Waals surface area contributed by atoms with Crippen LogP contribution in [-0.2, 0) is 21.6 Å². The van der Waals surface area contributed by atoms with Crippen molar-refractivity contribution in [2.75, 3.05) is 13.7 Å². The van der Waals surface area contributed by atoms with E-state index in [1.807, 2.05) is 0 Å². The minimum Gasteiger partial charge on any atom is -0.478 e. The zero-order chi connectivity index (χ0) is 30.2. The highest BCUT2D eigenvalue weighted by atomic mass is 35.5. The molecule has 1 saturated heterocycles. The molecule has 3 heterocycles. The van der Waals surface area contributed by atoms with E-state index in [1.165, 1.54) is 31.5 Å². The number of aromatic nitrogens is 1. The van der Waals surface area contributed by atoms with E-state index in [-0.39, 0.29) is 65.3 Å². The number of carbonyl (C=O) groups excluding carboxylic acids is 1. The van der Waals surface area contributed by atoms with Gasteiger partial charge in [0.1, 0.15) is 18.2 Å². The van der Waals surface area contributed by atoms with E-state index < -0.39 is 41.9 Å². The van der Waals surface area contributed by atoms with Crippen LogP contribution in [-0.4, -0.2) is 64.2 Å². The Labute approximate surface area is 250 Å². The van der Waals surface area contributed by atoms with Crippen molar-refractivity contribution in [3.8, 4) is 11.1 Å². The van der Waals surface area contributed by atoms with Gasteiger partial charge in [-0.2, -0.15) is 0 Å². The maximum Gasteiger partial charge on any atom is 0.337 e. The fraction of sp³-hybridized carbons (Fsp3) is 0.367. The first kappa shape index (κ1) is 30.3. The van der Waals surface area contributed by atoms with E-state index in [2.05, 4.69) is 4.98 Å². The lowest BCUT2D eigenvalue weighted by Crippen LogP contribution is -2.52. The van der Waals surface area contributed by atoms with Crippen molar-refractivity contribution in [2.24, 2.45) is 0 Å². The van der Waals surface area contributed by atoms with E-state index in [9.17, 15) is 24.2 Å². The molecular formula is C30H28Cl2F2N2O6. The number of carbonyl (C=O) groups is 2. The molecule has 2 aliphatic heterocycles. The predicted octanol–water partition coefficient (Wildman–Crippen LogP) is 6.01. The Morgan fingerprint density at radius 3 is 2.64 bits per heavy atom. The van der Waals surface area contributed by atoms with Gasteiger partial charge in [0, 0.05) is 55.3 Å². The van der Waals surface area contributed by atoms with Crippen molar-refractivity contribution in [3.63, 3.8) is 0 Å². The van der Waals surface area contributed by atoms with E-state index >= 15 is 4.39 Å². The highest BCUT2D eigenvalue weighted by Gasteiger charge is 2.55. The number of aliphatic hydroxyl groups excluding tert-OH is 1. The topological polar surface area (TPSA) is 109 Å². The van der Waals surface area contributed by atoms with Gasteiger partial charge in [0.15, 0.2) is 5.72 Å². The number of hydrogen-bond donors (Lipinski definition) is 2. The first-order valence-corrected chi connectivity index (χ1v) is 14.1. The molecule has 1 amide bonds. The first-order valence-electron chi connectivity index (χ1n) is 13.3. The maximum atomic E-state index is 16.2. The lowest BCUT2D eigenvalue weighted by Gasteiger charge is -2.41. The van der Waals surface area contributed by atoms with Gasteiger partial charge in [-0.25, -0.2) is 13.6 Å². The number of amides is 1. The molecule has 12 heteroatoms. The van der Waals surface area contributed by atoms with E-state index in [0.29, 0.717) is 17.0 Å². The molecule has 0 bridgehead atoms. The van der Waals surface area contributed by atoms with Crippen LogP contribution in [0.1, 0.15) is 57.7 Å². The molecule has 222 valence electrons. The Morgan fingerprint density at radius 1 is 1.24 bits per heavy atom. The van der Waals surface area contributed by atoms with Gasteiger partial charge in [-0.15, -0.1) is 0 Å². The summed E-state index contributed by atoms with van der Waals surface area (Å²) in [5, 5.41) is 21.8. The molecule has 4 atom stereocenters. The Balaban J connectivity index is 1.60. The third-order valence-electron chi connectivity index (χ3n) is 7.80. The summed E-state index contributed by atoms with van der Waals surface area (Å²) >= 11 is 12.0. The summed E-state index contributed by atoms with van der Waals surface area (Å²) < 4.78 is 41.7. The molecule has 0 saturated carbocycles. The van der Waals surface area contributed by atoms with E-state index in [4.69, 9.17) is 32.7 Å². The monoisotopic (exact) mass is 620 g/mol. The summed E-state index contributed by atoms with van der Waals surface area (Å²) in [6, 6.07) is 10.6. The smallest absolute Gasteiger partial charge is 0.337 e. The number of aromatic carboxylic acids is 1. The van der Waals surface area contributed by atoms with E-state index in [1.54, 1.807) is 24.3 Å². The zero-order valence-corrected chi connectivity index (χ0v) is 24.0. The molecule has 42 heavy (non-hydrogen) atoms. The van der Waals surface area contributed by atoms with Gasteiger partial charge in [0.05, 0.1) is 27.9 Å². The van der Waals surface area contributed by atoms with Gasteiger partial charge in [-0.1, -0.05) is 47.5 Å². The molecule has 5 rings (SSSR count). The van der Waals surface area contributed by atoms with Crippen LogP contribution in [0.3, 0.4) is 0 Å². The predicted molar refractivity (Wildman–Crippen MR) is 151 cm³/mol. The lowest BCUT2D eigenvalue weighted by atomic mass is 9.91. The number of aliphatic hydroxyl groups is 1. The number of carboxylic acid groups (broad SMARTS) is 1. The highest BCUT2D eigenvalue weighted by Crippen LogP contribution is 2.47. The third kappa shape index (κ3) is 5.61. The second-order valence-electron chi connectivity index (χ2n) is 10.3. The van der Waals surface area contributed by atoms with Crippen molar-refractivity contribution in [2.45, 2.75) is 56.3 Å². The largest absolute Gasteiger partial charge is 0.478 e. The number of alkyl halides is 1. The van der Waals surface area contributed by atoms with E-state index in [0.717, 1.165) is 4.90 Å². The summed E-state index contributed by atoms with van der Waals surface area (Å²) in [5.74, 6) is -3.01. The molecule has 1 fully saturated rings. The Bertz CT molecular complexity index is 1510. The number of fused-ring (bicyclic) bond motifs is 1. The molecule has 2 unspecified atom stereocenters. The van der Waals surface area contributed by atoms with Crippen molar-refractivity contribution < 1.29 is 38.1 Å². The van der Waals surface area contributed by atoms with Crippen molar-refractivity contribution in [1.82, 2.24) is 9.88 Å². The second kappa shape index (κ2) is 12.2. The lowest BCUT2D eigenvalue weighted by molar-refractivity contribution is -0.172. The van der Waals surface area contributed by atoms with Crippen LogP contribution >= 0.6 is 23.2 Å². The van der Waals surface area contributed by atoms with Crippen LogP contribution in [0.5, 0.6) is 0 Å². The summed E-state index contributed by atoms with van der Waals surface area (Å²) in [4.78, 5) is 31.3. The standard InChI is InChI=1S/C30H28Cl2F2N2O6/c1-41-30(14-24-22(29(39)40)12-18(32)15-35-24)23-8-7-21(16-2-4-17(31)5-3-16)27(34)26(23)28(38)36(30)25(37)9-6-20-13-19(33)10-11-42-20/h2-5,7-8,12,15,19-20,25,37H,6,9-11,13-14H2,1H3,(H,39,40)/t19?,20?,25-,30-/m1/s1. The third-order valence-corrected chi connectivity index (χ3v) is 8.26. The van der Waals surface area contributed by atoms with Gasteiger partial charge in [0.2, 0.25) is 0 Å². The molecule has 0 radical (unpaired) electrons. The number of halogens is 4. The molecule has 1 aromatic heterocycles. The molecule has 2 N–H and O–H groups in total. The number of methoxy groups -OCH3 is 1. The minimum absolute atomic E-state index is 0.00432. The summed E-state index contributed by atoms with van der Waals surface area (Å²) in [6.45, 7) is 0.247. The van der Waals surface area contributed by atoms with Crippen LogP contribution < -0.4 is 0 Å². The van der Waals surface area contributed by atoms with Gasteiger partial charge in [-0.05, 0) is 36.6 Å². The number of rotatable bonds is 9. The van der Waals surface area contributed by atoms with Crippen molar-refractivity contribution >= 4 is 35.1 Å². The highest BCUT2D eigenvalue weighted by molar-refractivity contribution is 6.31. The fourth-order valence-electron chi connectivity index (χ4n) is 5.73. The quantitative estimate of drug-likeness (QED) is 0.302. The van der Waals surface area contributed by atoms with Gasteiger partial charge < -0.3 is 19.7 Å². The number of ether oxygens (including phenoxy) is 2. The Kier molecular flexibility index (Phi) is 8.82. The van der Waals surface area contributed by atoms with Crippen LogP contribution in [0.4, 0.5) is 8.78 Å². The number of carboxylic acids is 1. The zero-order valence-electron chi connectivity index (χ0n) is 22.5. The summed E-state index contributed by atoms with van der Waals surface area (Å²) in [7, 11) is 1.28. The van der Waals surface area contributed by atoms with Gasteiger partial charge in [-0.3, -0.25) is 14.7 Å². The average molecular weight is 621 g/mol. The number of pyridine rings is 1. The Morgan fingerprint density at radius 2 is 1.98 bits per heavy atom. The van der Waals surface area contributed by atoms with Crippen LogP contribution in [0.25, 0.3) is 11.1 Å². The molecular weight excluding hydrogens is 593 g/mol. The molecule has 8 nitrogen and oxygen atoms in total. The first-order chi connectivity index (χ1) is 20.1. The summed E-state index contributed by atoms with van der Waals surface area (Å²) in [6.07, 6.45) is -1.46. The fourth-order valence-corrected chi connectivity index (χ4v) is 6.02. The van der Waals surface area contributed by atoms with Gasteiger partial charge >= 0.3 is 5.97 Å². The van der Waals surface area contributed by atoms with Crippen LogP contribution in [0.2, 0.25) is 10.0 Å². The number of benzene rings is 2. The maximum absolute atomic E-state index is 16.2.